The number of benzene rings is 1. The van der Waals surface area contributed by atoms with Gasteiger partial charge in [-0.2, -0.15) is 0 Å². The van der Waals surface area contributed by atoms with Crippen molar-refractivity contribution in [3.05, 3.63) is 47.7 Å². The van der Waals surface area contributed by atoms with Crippen LogP contribution in [0.15, 0.2) is 24.5 Å². The van der Waals surface area contributed by atoms with Crippen LogP contribution in [0.5, 0.6) is 0 Å². The maximum absolute atomic E-state index is 13.8. The molecule has 19 heteroatoms. The number of rotatable bonds is 8. The van der Waals surface area contributed by atoms with Crippen LogP contribution >= 0.6 is 11.8 Å². The Morgan fingerprint density at radius 2 is 1.28 bits per heavy atom. The monoisotopic (exact) mass is 674 g/mol. The van der Waals surface area contributed by atoms with Crippen molar-refractivity contribution in [1.29, 1.82) is 0 Å². The van der Waals surface area contributed by atoms with Crippen molar-refractivity contribution >= 4 is 11.8 Å². The molecule has 3 aliphatic rings. The molecule has 0 saturated carbocycles. The second-order valence-corrected chi connectivity index (χ2v) is 12.6. The fourth-order valence-corrected chi connectivity index (χ4v) is 7.31. The maximum atomic E-state index is 13.8. The van der Waals surface area contributed by atoms with E-state index in [0.29, 0.717) is 31.0 Å². The molecule has 0 amide bonds. The summed E-state index contributed by atoms with van der Waals surface area (Å²) in [6.07, 6.45) is -4.20. The molecule has 3 saturated heterocycles. The lowest BCUT2D eigenvalue weighted by Gasteiger charge is -2.46. The molecule has 0 bridgehead atoms. The molecule has 6 rings (SSSR count). The first-order chi connectivity index (χ1) is 22.1. The van der Waals surface area contributed by atoms with Crippen LogP contribution in [0, 0.1) is 17.5 Å². The lowest BCUT2D eigenvalue weighted by molar-refractivity contribution is -0.189. The van der Waals surface area contributed by atoms with Crippen molar-refractivity contribution < 1.29 is 58.0 Å². The molecule has 3 aliphatic heterocycles. The zero-order valence-corrected chi connectivity index (χ0v) is 24.9. The third-order valence-electron chi connectivity index (χ3n) is 8.53. The maximum Gasteiger partial charge on any atom is 0.194 e. The van der Waals surface area contributed by atoms with E-state index in [-0.39, 0.29) is 17.2 Å². The molecule has 10 atom stereocenters. The Morgan fingerprint density at radius 1 is 0.761 bits per heavy atom. The summed E-state index contributed by atoms with van der Waals surface area (Å²) in [5.74, 6) is -4.48. The molecule has 0 spiro atoms. The minimum atomic E-state index is -1.66. The van der Waals surface area contributed by atoms with Crippen molar-refractivity contribution in [3.63, 3.8) is 0 Å². The minimum Gasteiger partial charge on any atom is -0.394 e. The summed E-state index contributed by atoms with van der Waals surface area (Å²) in [5, 5.41) is 80.8. The molecular formula is C27H33F3N6O9S. The van der Waals surface area contributed by atoms with E-state index >= 15 is 0 Å². The Kier molecular flexibility index (Phi) is 9.95. The largest absolute Gasteiger partial charge is 0.394 e. The van der Waals surface area contributed by atoms with Gasteiger partial charge < -0.3 is 44.8 Å². The fourth-order valence-electron chi connectivity index (χ4n) is 5.99. The molecule has 2 aromatic heterocycles. The quantitative estimate of drug-likeness (QED) is 0.162. The summed E-state index contributed by atoms with van der Waals surface area (Å²) in [4.78, 5) is 0. The number of hydrogen-bond donors (Lipinski definition) is 6. The second kappa shape index (κ2) is 13.8. The van der Waals surface area contributed by atoms with Crippen LogP contribution in [0.3, 0.4) is 0 Å². The summed E-state index contributed by atoms with van der Waals surface area (Å²) >= 11 is 0.771. The third-order valence-corrected chi connectivity index (χ3v) is 9.85. The van der Waals surface area contributed by atoms with Crippen molar-refractivity contribution in [2.24, 2.45) is 0 Å². The molecule has 3 fully saturated rings. The van der Waals surface area contributed by atoms with Gasteiger partial charge in [-0.25, -0.2) is 22.5 Å². The normalized spacial score (nSPS) is 34.2. The van der Waals surface area contributed by atoms with Crippen LogP contribution in [0.4, 0.5) is 13.2 Å². The number of ether oxygens (including phenoxy) is 3. The van der Waals surface area contributed by atoms with Crippen molar-refractivity contribution in [3.8, 4) is 11.3 Å². The Morgan fingerprint density at radius 3 is 1.83 bits per heavy atom. The molecule has 5 unspecified atom stereocenters. The zero-order valence-electron chi connectivity index (χ0n) is 24.0. The highest BCUT2D eigenvalue weighted by Gasteiger charge is 2.51. The van der Waals surface area contributed by atoms with Crippen LogP contribution in [0.25, 0.3) is 11.3 Å². The molecule has 6 N–H and O–H groups in total. The third kappa shape index (κ3) is 6.28. The van der Waals surface area contributed by atoms with Gasteiger partial charge in [0, 0.05) is 30.9 Å². The van der Waals surface area contributed by atoms with Gasteiger partial charge in [0.1, 0.15) is 65.3 Å². The Balaban J connectivity index is 1.24. The van der Waals surface area contributed by atoms with Crippen LogP contribution in [-0.4, -0.2) is 135 Å². The fraction of sp³-hybridized carbons (Fsp3) is 0.630. The van der Waals surface area contributed by atoms with Crippen LogP contribution in [0.1, 0.15) is 36.5 Å². The number of aromatic nitrogens is 6. The van der Waals surface area contributed by atoms with E-state index in [0.717, 1.165) is 29.3 Å². The van der Waals surface area contributed by atoms with Crippen molar-refractivity contribution in [2.45, 2.75) is 78.3 Å². The van der Waals surface area contributed by atoms with Gasteiger partial charge in [-0.05, 0) is 25.0 Å². The van der Waals surface area contributed by atoms with E-state index in [4.69, 9.17) is 14.2 Å². The molecule has 1 aromatic carbocycles. The smallest absolute Gasteiger partial charge is 0.194 e. The Labute approximate surface area is 263 Å². The number of aliphatic hydroxyl groups excluding tert-OH is 6. The zero-order chi connectivity index (χ0) is 32.7. The summed E-state index contributed by atoms with van der Waals surface area (Å²) in [6, 6.07) is -1.02. The molecule has 0 radical (unpaired) electrons. The van der Waals surface area contributed by atoms with E-state index in [1.54, 1.807) is 6.20 Å². The average molecular weight is 675 g/mol. The van der Waals surface area contributed by atoms with Gasteiger partial charge in [-0.1, -0.05) is 22.2 Å². The Bertz CT molecular complexity index is 1480. The van der Waals surface area contributed by atoms with Gasteiger partial charge in [-0.15, -0.1) is 10.2 Å². The first-order valence-corrected chi connectivity index (χ1v) is 15.5. The second-order valence-electron chi connectivity index (χ2n) is 11.4. The van der Waals surface area contributed by atoms with Gasteiger partial charge in [0.2, 0.25) is 0 Å². The molecule has 3 aromatic rings. The molecule has 15 nitrogen and oxygen atoms in total. The van der Waals surface area contributed by atoms with Gasteiger partial charge in [-0.3, -0.25) is 0 Å². The molecule has 46 heavy (non-hydrogen) atoms. The molecule has 0 aliphatic carbocycles. The molecule has 5 heterocycles. The standard InChI is InChI=1S/C27H33F3N6O9S/c28-13-5-12(6-14(29)19(13)30)16-8-36(34-32-16)21-23(40)18(10-38)45-27(25(21)42)46-26-24(41)20(22(39)17(9-37)44-26)35-7-15(31-33-35)11-1-3-43-4-2-11/h5-8,11,17-18,20-27,37-42H,1-4,9-10H2/t17-,18?,20?,21?,22?,23+,24-,25?,26+,27+/m1/s1. The summed E-state index contributed by atoms with van der Waals surface area (Å²) in [5.41, 5.74) is -2.12. The highest BCUT2D eigenvalue weighted by atomic mass is 32.2. The summed E-state index contributed by atoms with van der Waals surface area (Å²) < 4.78 is 60.5. The first-order valence-electron chi connectivity index (χ1n) is 14.6. The van der Waals surface area contributed by atoms with Gasteiger partial charge >= 0.3 is 0 Å². The van der Waals surface area contributed by atoms with E-state index < -0.39 is 90.2 Å². The number of aliphatic hydroxyl groups is 6. The topological polar surface area (TPSA) is 210 Å². The number of hydrogen-bond acceptors (Lipinski definition) is 14. The Hall–Kier alpha value is -2.72. The summed E-state index contributed by atoms with van der Waals surface area (Å²) in [7, 11) is 0. The minimum absolute atomic E-state index is 0.0819. The first kappa shape index (κ1) is 33.2. The van der Waals surface area contributed by atoms with E-state index in [2.05, 4.69) is 20.6 Å². The van der Waals surface area contributed by atoms with Gasteiger partial charge in [0.15, 0.2) is 17.5 Å². The molecule has 252 valence electrons. The number of nitrogens with zero attached hydrogens (tertiary/aromatic N) is 6. The highest BCUT2D eigenvalue weighted by molar-refractivity contribution is 8.00. The van der Waals surface area contributed by atoms with E-state index in [9.17, 15) is 43.8 Å². The van der Waals surface area contributed by atoms with E-state index in [1.165, 1.54) is 10.9 Å². The number of thioether (sulfide) groups is 1. The van der Waals surface area contributed by atoms with Crippen LogP contribution in [-0.2, 0) is 14.2 Å². The van der Waals surface area contributed by atoms with Crippen molar-refractivity contribution in [1.82, 2.24) is 30.0 Å². The lowest BCUT2D eigenvalue weighted by Crippen LogP contribution is -2.58. The average Bonchev–Trinajstić information content (AvgIpc) is 3.74. The predicted octanol–water partition coefficient (Wildman–Crippen LogP) is -0.758. The van der Waals surface area contributed by atoms with Gasteiger partial charge in [0.25, 0.3) is 0 Å². The lowest BCUT2D eigenvalue weighted by atomic mass is 9.96. The SMILES string of the molecule is OCC1O[C@@H](S[C@@H]2O[C@H](CO)C(O)C(n3cc(C4CCOCC4)nn3)[C@H]2O)C(O)C(n2cc(-c3cc(F)c(F)c(F)c3)nn2)[C@H]1O. The van der Waals surface area contributed by atoms with Gasteiger partial charge in [0.05, 0.1) is 25.1 Å². The van der Waals surface area contributed by atoms with Crippen LogP contribution < -0.4 is 0 Å². The number of halogens is 3. The predicted molar refractivity (Wildman–Crippen MR) is 149 cm³/mol. The van der Waals surface area contributed by atoms with Crippen molar-refractivity contribution in [2.75, 3.05) is 26.4 Å². The summed E-state index contributed by atoms with van der Waals surface area (Å²) in [6.45, 7) is -0.179. The highest BCUT2D eigenvalue weighted by Crippen LogP contribution is 2.42. The van der Waals surface area contributed by atoms with E-state index in [1.807, 2.05) is 0 Å². The molecular weight excluding hydrogens is 641 g/mol. The van der Waals surface area contributed by atoms with Crippen LogP contribution in [0.2, 0.25) is 0 Å².